The van der Waals surface area contributed by atoms with Crippen molar-refractivity contribution in [1.82, 2.24) is 0 Å². The van der Waals surface area contributed by atoms with Crippen LogP contribution in [0.15, 0.2) is 47.4 Å². The van der Waals surface area contributed by atoms with Crippen LogP contribution in [0.4, 0.5) is 11.4 Å². The van der Waals surface area contributed by atoms with E-state index in [1.54, 1.807) is 6.07 Å². The minimum Gasteiger partial charge on any atom is -0.379 e. The molecule has 0 spiro atoms. The maximum absolute atomic E-state index is 11.5. The summed E-state index contributed by atoms with van der Waals surface area (Å²) in [5.41, 5.74) is 1.02. The van der Waals surface area contributed by atoms with Gasteiger partial charge >= 0.3 is 0 Å². The highest BCUT2D eigenvalue weighted by Crippen LogP contribution is 2.27. The Morgan fingerprint density at radius 2 is 1.96 bits per heavy atom. The van der Waals surface area contributed by atoms with Gasteiger partial charge in [0.15, 0.2) is 9.84 Å². The molecule has 0 radical (unpaired) electrons. The number of sulfone groups is 1. The first-order chi connectivity index (χ1) is 10.8. The fourth-order valence-electron chi connectivity index (χ4n) is 2.08. The molecule has 0 fully saturated rings. The lowest BCUT2D eigenvalue weighted by Crippen LogP contribution is -2.08. The van der Waals surface area contributed by atoms with Gasteiger partial charge in [-0.05, 0) is 36.2 Å². The lowest BCUT2D eigenvalue weighted by atomic mass is 10.1. The van der Waals surface area contributed by atoms with Crippen LogP contribution in [-0.2, 0) is 16.3 Å². The van der Waals surface area contributed by atoms with Crippen molar-refractivity contribution in [3.8, 4) is 0 Å². The van der Waals surface area contributed by atoms with Gasteiger partial charge in [-0.1, -0.05) is 23.7 Å². The molecule has 0 aliphatic carbocycles. The van der Waals surface area contributed by atoms with Gasteiger partial charge in [0.25, 0.3) is 5.69 Å². The van der Waals surface area contributed by atoms with E-state index in [4.69, 9.17) is 11.6 Å². The molecular weight excluding hydrogens is 340 g/mol. The molecule has 0 atom stereocenters. The van der Waals surface area contributed by atoms with E-state index < -0.39 is 14.8 Å². The van der Waals surface area contributed by atoms with Crippen molar-refractivity contribution < 1.29 is 13.3 Å². The summed E-state index contributed by atoms with van der Waals surface area (Å²) in [5.74, 6) is 0. The number of halogens is 1. The van der Waals surface area contributed by atoms with E-state index in [2.05, 4.69) is 5.32 Å². The van der Waals surface area contributed by atoms with E-state index in [0.717, 1.165) is 17.9 Å². The second-order valence-electron chi connectivity index (χ2n) is 5.01. The van der Waals surface area contributed by atoms with Crippen LogP contribution in [0.1, 0.15) is 5.56 Å². The Bertz CT molecular complexity index is 837. The second kappa shape index (κ2) is 6.97. The Morgan fingerprint density at radius 1 is 1.22 bits per heavy atom. The fourth-order valence-corrected chi connectivity index (χ4v) is 2.93. The summed E-state index contributed by atoms with van der Waals surface area (Å²) in [6.07, 6.45) is 1.64. The molecule has 2 aromatic carbocycles. The summed E-state index contributed by atoms with van der Waals surface area (Å²) in [6, 6.07) is 11.2. The third kappa shape index (κ3) is 4.67. The van der Waals surface area contributed by atoms with E-state index in [1.807, 2.05) is 18.2 Å². The van der Waals surface area contributed by atoms with E-state index in [9.17, 15) is 18.5 Å². The zero-order valence-corrected chi connectivity index (χ0v) is 13.9. The molecule has 0 aliphatic rings. The Labute approximate surface area is 139 Å². The molecule has 23 heavy (non-hydrogen) atoms. The predicted octanol–water partition coefficient (Wildman–Crippen LogP) is 3.31. The van der Waals surface area contributed by atoms with Crippen molar-refractivity contribution >= 4 is 32.8 Å². The minimum atomic E-state index is -3.49. The molecule has 0 aliphatic heterocycles. The van der Waals surface area contributed by atoms with Gasteiger partial charge in [0.2, 0.25) is 0 Å². The van der Waals surface area contributed by atoms with Crippen LogP contribution in [0.3, 0.4) is 0 Å². The Morgan fingerprint density at radius 3 is 2.57 bits per heavy atom. The van der Waals surface area contributed by atoms with E-state index in [0.29, 0.717) is 18.0 Å². The van der Waals surface area contributed by atoms with Gasteiger partial charge in [0.05, 0.1) is 9.82 Å². The lowest BCUT2D eigenvalue weighted by molar-refractivity contribution is -0.384. The molecule has 0 aromatic heterocycles. The second-order valence-corrected chi connectivity index (χ2v) is 7.47. The van der Waals surface area contributed by atoms with Crippen LogP contribution in [-0.4, -0.2) is 26.1 Å². The SMILES string of the molecule is CS(=O)(=O)c1ccc(NCCc2cccc(Cl)c2)c([N+](=O)[O-])c1. The summed E-state index contributed by atoms with van der Waals surface area (Å²) >= 11 is 5.90. The monoisotopic (exact) mass is 354 g/mol. The number of hydrogen-bond donors (Lipinski definition) is 1. The fraction of sp³-hybridized carbons (Fsp3) is 0.200. The number of anilines is 1. The molecule has 122 valence electrons. The molecule has 0 unspecified atom stereocenters. The van der Waals surface area contributed by atoms with Gasteiger partial charge in [0.1, 0.15) is 5.69 Å². The van der Waals surface area contributed by atoms with Gasteiger partial charge in [-0.2, -0.15) is 0 Å². The maximum atomic E-state index is 11.5. The zero-order valence-electron chi connectivity index (χ0n) is 12.3. The number of rotatable bonds is 6. The van der Waals surface area contributed by atoms with Gasteiger partial charge in [-0.15, -0.1) is 0 Å². The molecule has 8 heteroatoms. The quantitative estimate of drug-likeness (QED) is 0.635. The van der Waals surface area contributed by atoms with Gasteiger partial charge in [-0.3, -0.25) is 10.1 Å². The first kappa shape index (κ1) is 17.2. The van der Waals surface area contributed by atoms with Crippen molar-refractivity contribution in [2.45, 2.75) is 11.3 Å². The van der Waals surface area contributed by atoms with Crippen LogP contribution in [0.25, 0.3) is 0 Å². The van der Waals surface area contributed by atoms with Gasteiger partial charge in [0, 0.05) is 23.9 Å². The highest BCUT2D eigenvalue weighted by Gasteiger charge is 2.18. The largest absolute Gasteiger partial charge is 0.379 e. The third-order valence-corrected chi connectivity index (χ3v) is 4.56. The highest BCUT2D eigenvalue weighted by atomic mass is 35.5. The van der Waals surface area contributed by atoms with Crippen molar-refractivity contribution in [3.05, 3.63) is 63.2 Å². The molecule has 2 aromatic rings. The van der Waals surface area contributed by atoms with Crippen molar-refractivity contribution in [3.63, 3.8) is 0 Å². The Kier molecular flexibility index (Phi) is 5.23. The highest BCUT2D eigenvalue weighted by molar-refractivity contribution is 7.90. The molecule has 0 heterocycles. The average Bonchev–Trinajstić information content (AvgIpc) is 2.46. The van der Waals surface area contributed by atoms with Crippen LogP contribution < -0.4 is 5.32 Å². The molecule has 0 amide bonds. The van der Waals surface area contributed by atoms with Crippen LogP contribution >= 0.6 is 11.6 Å². The standard InChI is InChI=1S/C15H15ClN2O4S/c1-23(21,22)13-5-6-14(15(10-13)18(19)20)17-8-7-11-3-2-4-12(16)9-11/h2-6,9-10,17H,7-8H2,1H3. The molecule has 0 bridgehead atoms. The summed E-state index contributed by atoms with van der Waals surface area (Å²) in [5, 5.41) is 14.7. The molecule has 2 rings (SSSR count). The molecule has 0 saturated heterocycles. The van der Waals surface area contributed by atoms with Gasteiger partial charge in [-0.25, -0.2) is 8.42 Å². The first-order valence-corrected chi connectivity index (χ1v) is 9.01. The number of nitro groups is 1. The molecule has 0 saturated carbocycles. The molecular formula is C15H15ClN2O4S. The summed E-state index contributed by atoms with van der Waals surface area (Å²) in [6.45, 7) is 0.458. The summed E-state index contributed by atoms with van der Waals surface area (Å²) < 4.78 is 23.0. The normalized spacial score (nSPS) is 11.2. The predicted molar refractivity (Wildman–Crippen MR) is 89.9 cm³/mol. The number of benzene rings is 2. The Balaban J connectivity index is 2.15. The van der Waals surface area contributed by atoms with Crippen molar-refractivity contribution in [2.24, 2.45) is 0 Å². The van der Waals surface area contributed by atoms with E-state index in [1.165, 1.54) is 12.1 Å². The van der Waals surface area contributed by atoms with Crippen LogP contribution in [0, 0.1) is 10.1 Å². The number of nitrogens with one attached hydrogen (secondary N) is 1. The average molecular weight is 355 g/mol. The summed E-state index contributed by atoms with van der Waals surface area (Å²) in [4.78, 5) is 10.5. The number of nitrogens with zero attached hydrogens (tertiary/aromatic N) is 1. The van der Waals surface area contributed by atoms with Crippen molar-refractivity contribution in [1.29, 1.82) is 0 Å². The topological polar surface area (TPSA) is 89.3 Å². The van der Waals surface area contributed by atoms with Gasteiger partial charge < -0.3 is 5.32 Å². The zero-order chi connectivity index (χ0) is 17.0. The number of hydrogen-bond acceptors (Lipinski definition) is 5. The molecule has 6 nitrogen and oxygen atoms in total. The van der Waals surface area contributed by atoms with E-state index >= 15 is 0 Å². The first-order valence-electron chi connectivity index (χ1n) is 6.74. The minimum absolute atomic E-state index is 0.0791. The summed E-state index contributed by atoms with van der Waals surface area (Å²) in [7, 11) is -3.49. The van der Waals surface area contributed by atoms with E-state index in [-0.39, 0.29) is 16.3 Å². The third-order valence-electron chi connectivity index (χ3n) is 3.21. The van der Waals surface area contributed by atoms with Crippen molar-refractivity contribution in [2.75, 3.05) is 18.1 Å². The lowest BCUT2D eigenvalue weighted by Gasteiger charge is -2.08. The van der Waals surface area contributed by atoms with Crippen LogP contribution in [0.5, 0.6) is 0 Å². The maximum Gasteiger partial charge on any atom is 0.293 e. The smallest absolute Gasteiger partial charge is 0.293 e. The molecule has 1 N–H and O–H groups in total. The number of nitro benzene ring substituents is 1. The van der Waals surface area contributed by atoms with Crippen LogP contribution in [0.2, 0.25) is 5.02 Å². The Hall–Kier alpha value is -2.12.